The Morgan fingerprint density at radius 1 is 0.511 bits per heavy atom. The molecule has 0 atom stereocenters. The third-order valence-corrected chi connectivity index (χ3v) is 7.35. The number of aromatic nitrogens is 3. The SMILES string of the molecule is O=C(CCCCCCCn1c(=O)n(CCCCCCCC(=O)OCCF)c(=O)n(CCCCCCNC(=O)OCCF)c1=O)OCF. The number of nitrogens with zero attached hydrogens (tertiary/aromatic N) is 3. The molecule has 16 heteroatoms. The van der Waals surface area contributed by atoms with E-state index in [0.29, 0.717) is 77.2 Å². The fraction of sp³-hybridized carbons (Fsp3) is 0.806. The molecule has 0 saturated heterocycles. The number of carbonyl (C=O) groups is 3. The minimum atomic E-state index is -1.15. The Morgan fingerprint density at radius 2 is 0.894 bits per heavy atom. The molecule has 0 aromatic carbocycles. The Morgan fingerprint density at radius 3 is 1.34 bits per heavy atom. The van der Waals surface area contributed by atoms with Crippen LogP contribution in [-0.2, 0) is 43.4 Å². The second-order valence-corrected chi connectivity index (χ2v) is 11.0. The van der Waals surface area contributed by atoms with Crippen LogP contribution in [-0.4, -0.2) is 71.7 Å². The van der Waals surface area contributed by atoms with Crippen LogP contribution in [0.2, 0.25) is 0 Å². The van der Waals surface area contributed by atoms with E-state index in [1.807, 2.05) is 0 Å². The molecule has 1 aromatic rings. The zero-order chi connectivity index (χ0) is 34.7. The highest BCUT2D eigenvalue weighted by Gasteiger charge is 2.15. The van der Waals surface area contributed by atoms with Gasteiger partial charge in [0.1, 0.15) is 26.6 Å². The summed E-state index contributed by atoms with van der Waals surface area (Å²) < 4.78 is 53.0. The number of carbonyl (C=O) groups excluding carboxylic acids is 3. The fourth-order valence-corrected chi connectivity index (χ4v) is 4.87. The van der Waals surface area contributed by atoms with E-state index in [2.05, 4.69) is 14.8 Å². The van der Waals surface area contributed by atoms with Gasteiger partial charge in [0.05, 0.1) is 0 Å². The number of unbranched alkanes of at least 4 members (excludes halogenated alkanes) is 11. The first-order chi connectivity index (χ1) is 22.8. The van der Waals surface area contributed by atoms with Crippen molar-refractivity contribution in [3.05, 3.63) is 31.5 Å². The molecule has 1 rings (SSSR count). The van der Waals surface area contributed by atoms with Gasteiger partial charge in [0.15, 0.2) is 0 Å². The van der Waals surface area contributed by atoms with Gasteiger partial charge in [-0.15, -0.1) is 0 Å². The summed E-state index contributed by atoms with van der Waals surface area (Å²) in [5, 5.41) is 2.52. The number of rotatable bonds is 28. The number of hydrogen-bond acceptors (Lipinski definition) is 9. The van der Waals surface area contributed by atoms with Crippen molar-refractivity contribution in [2.75, 3.05) is 40.0 Å². The summed E-state index contributed by atoms with van der Waals surface area (Å²) in [6.45, 7) is -2.44. The molecule has 0 aliphatic rings. The van der Waals surface area contributed by atoms with Gasteiger partial charge in [-0.1, -0.05) is 51.4 Å². The van der Waals surface area contributed by atoms with Gasteiger partial charge in [-0.05, 0) is 38.5 Å². The highest BCUT2D eigenvalue weighted by molar-refractivity contribution is 5.69. The maximum Gasteiger partial charge on any atom is 0.407 e. The zero-order valence-corrected chi connectivity index (χ0v) is 27.3. The molecular formula is C31H51F3N4O9. The monoisotopic (exact) mass is 680 g/mol. The van der Waals surface area contributed by atoms with Gasteiger partial charge in [0, 0.05) is 39.0 Å². The lowest BCUT2D eigenvalue weighted by Crippen LogP contribution is -2.54. The Kier molecular flexibility index (Phi) is 23.3. The summed E-state index contributed by atoms with van der Waals surface area (Å²) in [5.41, 5.74) is -1.99. The van der Waals surface area contributed by atoms with Gasteiger partial charge in [-0.25, -0.2) is 46.1 Å². The normalized spacial score (nSPS) is 11.0. The van der Waals surface area contributed by atoms with E-state index < -0.39 is 55.3 Å². The molecular weight excluding hydrogens is 629 g/mol. The van der Waals surface area contributed by atoms with Crippen molar-refractivity contribution < 1.29 is 41.8 Å². The highest BCUT2D eigenvalue weighted by atomic mass is 19.1. The van der Waals surface area contributed by atoms with Crippen molar-refractivity contribution >= 4 is 18.0 Å². The molecule has 1 aromatic heterocycles. The van der Waals surface area contributed by atoms with Crippen molar-refractivity contribution in [1.82, 2.24) is 19.0 Å². The summed E-state index contributed by atoms with van der Waals surface area (Å²) in [6.07, 6.45) is 8.57. The van der Waals surface area contributed by atoms with E-state index in [9.17, 15) is 41.9 Å². The van der Waals surface area contributed by atoms with Crippen LogP contribution in [0.25, 0.3) is 0 Å². The van der Waals surface area contributed by atoms with Crippen molar-refractivity contribution in [2.45, 2.75) is 122 Å². The number of nitrogens with one attached hydrogen (secondary N) is 1. The largest absolute Gasteiger partial charge is 0.463 e. The topological polar surface area (TPSA) is 157 Å². The first-order valence-corrected chi connectivity index (χ1v) is 16.6. The molecule has 1 amide bonds. The van der Waals surface area contributed by atoms with Crippen molar-refractivity contribution in [3.63, 3.8) is 0 Å². The predicted molar refractivity (Wildman–Crippen MR) is 167 cm³/mol. The van der Waals surface area contributed by atoms with Gasteiger partial charge in [-0.2, -0.15) is 0 Å². The van der Waals surface area contributed by atoms with Crippen LogP contribution in [0.1, 0.15) is 103 Å². The van der Waals surface area contributed by atoms with Gasteiger partial charge < -0.3 is 19.5 Å². The number of ether oxygens (including phenoxy) is 3. The Bertz CT molecular complexity index is 1150. The maximum absolute atomic E-state index is 13.3. The Balaban J connectivity index is 2.74. The molecule has 47 heavy (non-hydrogen) atoms. The molecule has 0 spiro atoms. The molecule has 0 bridgehead atoms. The minimum absolute atomic E-state index is 0.121. The second kappa shape index (κ2) is 26.5. The summed E-state index contributed by atoms with van der Waals surface area (Å²) in [5.74, 6) is -1.04. The van der Waals surface area contributed by atoms with E-state index in [1.165, 1.54) is 0 Å². The average molecular weight is 681 g/mol. The Labute approximate surface area is 272 Å². The van der Waals surface area contributed by atoms with Crippen LogP contribution >= 0.6 is 0 Å². The smallest absolute Gasteiger partial charge is 0.407 e. The van der Waals surface area contributed by atoms with Crippen LogP contribution in [0.4, 0.5) is 18.0 Å². The summed E-state index contributed by atoms with van der Waals surface area (Å²) >= 11 is 0. The molecule has 0 saturated carbocycles. The minimum Gasteiger partial charge on any atom is -0.463 e. The standard InChI is InChI=1S/C31H51F3N4O9/c32-17-23-45-26(39)15-9-3-1-6-12-20-36-29(42)37(21-13-7-2-4-10-16-27(40)47-25-34)31(44)38(30(36)43)22-14-8-5-11-19-35-28(41)46-24-18-33/h1-25H2,(H,35,41). The number of esters is 2. The number of halogens is 3. The predicted octanol–water partition coefficient (Wildman–Crippen LogP) is 4.09. The van der Waals surface area contributed by atoms with Gasteiger partial charge in [0.25, 0.3) is 0 Å². The molecule has 0 aliphatic heterocycles. The van der Waals surface area contributed by atoms with E-state index in [0.717, 1.165) is 33.0 Å². The second-order valence-electron chi connectivity index (χ2n) is 11.0. The molecule has 0 unspecified atom stereocenters. The van der Waals surface area contributed by atoms with Crippen molar-refractivity contribution in [3.8, 4) is 0 Å². The first-order valence-electron chi connectivity index (χ1n) is 16.6. The van der Waals surface area contributed by atoms with Crippen LogP contribution in [0.15, 0.2) is 14.4 Å². The average Bonchev–Trinajstić information content (AvgIpc) is 3.05. The van der Waals surface area contributed by atoms with Gasteiger partial charge in [0.2, 0.25) is 6.86 Å². The number of alkyl halides is 3. The molecule has 1 N–H and O–H groups in total. The first kappa shape index (κ1) is 41.4. The van der Waals surface area contributed by atoms with Crippen LogP contribution in [0.3, 0.4) is 0 Å². The summed E-state index contributed by atoms with van der Waals surface area (Å²) in [7, 11) is 0. The number of amides is 1. The summed E-state index contributed by atoms with van der Waals surface area (Å²) in [4.78, 5) is 73.8. The number of hydrogen-bond donors (Lipinski definition) is 1. The lowest BCUT2D eigenvalue weighted by atomic mass is 10.1. The zero-order valence-electron chi connectivity index (χ0n) is 27.3. The third-order valence-electron chi connectivity index (χ3n) is 7.35. The van der Waals surface area contributed by atoms with E-state index in [-0.39, 0.29) is 45.7 Å². The van der Waals surface area contributed by atoms with E-state index in [1.54, 1.807) is 0 Å². The highest BCUT2D eigenvalue weighted by Crippen LogP contribution is 2.08. The fourth-order valence-electron chi connectivity index (χ4n) is 4.87. The molecule has 13 nitrogen and oxygen atoms in total. The number of alkyl carbamates (subject to hydrolysis) is 1. The molecule has 0 aliphatic carbocycles. The Hall–Kier alpha value is -3.59. The van der Waals surface area contributed by atoms with Crippen LogP contribution in [0.5, 0.6) is 0 Å². The summed E-state index contributed by atoms with van der Waals surface area (Å²) in [6, 6.07) is 0. The van der Waals surface area contributed by atoms with Crippen LogP contribution < -0.4 is 22.4 Å². The quantitative estimate of drug-likeness (QED) is 0.0782. The molecule has 270 valence electrons. The molecule has 0 radical (unpaired) electrons. The van der Waals surface area contributed by atoms with Gasteiger partial charge >= 0.3 is 35.1 Å². The maximum atomic E-state index is 13.3. The van der Waals surface area contributed by atoms with Gasteiger partial charge in [-0.3, -0.25) is 9.59 Å². The molecule has 1 heterocycles. The van der Waals surface area contributed by atoms with Crippen molar-refractivity contribution in [2.24, 2.45) is 0 Å². The lowest BCUT2D eigenvalue weighted by Gasteiger charge is -2.14. The van der Waals surface area contributed by atoms with Crippen LogP contribution in [0, 0.1) is 0 Å². The third kappa shape index (κ3) is 18.4. The van der Waals surface area contributed by atoms with Crippen molar-refractivity contribution in [1.29, 1.82) is 0 Å². The van der Waals surface area contributed by atoms with E-state index >= 15 is 0 Å². The molecule has 0 fully saturated rings. The lowest BCUT2D eigenvalue weighted by molar-refractivity contribution is -0.148. The van der Waals surface area contributed by atoms with E-state index in [4.69, 9.17) is 4.74 Å².